The van der Waals surface area contributed by atoms with Crippen LogP contribution < -0.4 is 5.32 Å². The first-order valence-electron chi connectivity index (χ1n) is 7.90. The van der Waals surface area contributed by atoms with Crippen molar-refractivity contribution in [2.24, 2.45) is 17.8 Å². The highest BCUT2D eigenvalue weighted by Crippen LogP contribution is 2.38. The molecular formula is C16H24N2O4. The monoisotopic (exact) mass is 308 g/mol. The van der Waals surface area contributed by atoms with Crippen LogP contribution in [-0.2, 0) is 19.2 Å². The Morgan fingerprint density at radius 2 is 1.95 bits per heavy atom. The number of Topliss-reactive ketones (excluding diaryl/α,β-unsaturated/α-hetero) is 3. The van der Waals surface area contributed by atoms with E-state index in [0.29, 0.717) is 19.5 Å². The molecular weight excluding hydrogens is 284 g/mol. The van der Waals surface area contributed by atoms with Gasteiger partial charge in [-0.25, -0.2) is 0 Å². The second-order valence-corrected chi connectivity index (χ2v) is 6.58. The molecule has 2 fully saturated rings. The van der Waals surface area contributed by atoms with E-state index in [9.17, 15) is 19.2 Å². The Kier molecular flexibility index (Phi) is 5.45. The normalized spacial score (nSPS) is 28.7. The number of hydrogen-bond donors (Lipinski definition) is 1. The van der Waals surface area contributed by atoms with Crippen molar-refractivity contribution < 1.29 is 19.2 Å². The lowest BCUT2D eigenvalue weighted by atomic mass is 9.65. The third kappa shape index (κ3) is 3.80. The van der Waals surface area contributed by atoms with Crippen molar-refractivity contribution in [1.29, 1.82) is 0 Å². The Morgan fingerprint density at radius 3 is 2.64 bits per heavy atom. The van der Waals surface area contributed by atoms with Crippen LogP contribution in [0.5, 0.6) is 0 Å². The molecule has 0 aliphatic heterocycles. The van der Waals surface area contributed by atoms with Gasteiger partial charge in [0.1, 0.15) is 11.6 Å². The second kappa shape index (κ2) is 7.13. The third-order valence-corrected chi connectivity index (χ3v) is 4.59. The highest BCUT2D eigenvalue weighted by atomic mass is 16.2. The summed E-state index contributed by atoms with van der Waals surface area (Å²) >= 11 is 0. The smallest absolute Gasteiger partial charge is 0.221 e. The van der Waals surface area contributed by atoms with Crippen molar-refractivity contribution in [3.05, 3.63) is 0 Å². The van der Waals surface area contributed by atoms with E-state index in [2.05, 4.69) is 5.32 Å². The molecule has 6 heteroatoms. The number of likely N-dealkylation sites (N-methyl/N-ethyl adjacent to an activating group) is 1. The van der Waals surface area contributed by atoms with E-state index in [-0.39, 0.29) is 42.0 Å². The van der Waals surface area contributed by atoms with E-state index in [4.69, 9.17) is 0 Å². The predicted octanol–water partition coefficient (Wildman–Crippen LogP) is 0.198. The van der Waals surface area contributed by atoms with Gasteiger partial charge < -0.3 is 10.2 Å². The van der Waals surface area contributed by atoms with Gasteiger partial charge in [-0.05, 0) is 32.9 Å². The average molecular weight is 308 g/mol. The number of amides is 1. The molecule has 22 heavy (non-hydrogen) atoms. The molecule has 3 atom stereocenters. The summed E-state index contributed by atoms with van der Waals surface area (Å²) in [6.07, 6.45) is 2.08. The predicted molar refractivity (Wildman–Crippen MR) is 80.1 cm³/mol. The van der Waals surface area contributed by atoms with Crippen LogP contribution in [0.15, 0.2) is 0 Å². The SMILES string of the molecule is CN(C)CCNC(=O)CC1C(=O)CC2CCCC(=O)C2C1=O. The highest BCUT2D eigenvalue weighted by Gasteiger charge is 2.47. The molecule has 0 saturated heterocycles. The van der Waals surface area contributed by atoms with Crippen molar-refractivity contribution in [3.8, 4) is 0 Å². The summed E-state index contributed by atoms with van der Waals surface area (Å²) < 4.78 is 0. The Labute approximate surface area is 130 Å². The van der Waals surface area contributed by atoms with Gasteiger partial charge in [0.25, 0.3) is 0 Å². The zero-order valence-corrected chi connectivity index (χ0v) is 13.3. The van der Waals surface area contributed by atoms with Crippen molar-refractivity contribution in [1.82, 2.24) is 10.2 Å². The summed E-state index contributed by atoms with van der Waals surface area (Å²) in [6, 6.07) is 0. The molecule has 0 aromatic carbocycles. The van der Waals surface area contributed by atoms with E-state index < -0.39 is 11.8 Å². The number of nitrogens with one attached hydrogen (secondary N) is 1. The van der Waals surface area contributed by atoms with Crippen LogP contribution in [0.2, 0.25) is 0 Å². The zero-order valence-electron chi connectivity index (χ0n) is 13.3. The van der Waals surface area contributed by atoms with Crippen LogP contribution in [0.1, 0.15) is 32.1 Å². The third-order valence-electron chi connectivity index (χ3n) is 4.59. The first-order valence-corrected chi connectivity index (χ1v) is 7.90. The van der Waals surface area contributed by atoms with Crippen molar-refractivity contribution in [2.45, 2.75) is 32.1 Å². The lowest BCUT2D eigenvalue weighted by Gasteiger charge is -2.35. The van der Waals surface area contributed by atoms with Crippen LogP contribution in [0, 0.1) is 17.8 Å². The van der Waals surface area contributed by atoms with Crippen LogP contribution in [0.3, 0.4) is 0 Å². The van der Waals surface area contributed by atoms with Crippen molar-refractivity contribution in [3.63, 3.8) is 0 Å². The molecule has 122 valence electrons. The molecule has 0 heterocycles. The van der Waals surface area contributed by atoms with Gasteiger partial charge in [-0.15, -0.1) is 0 Å². The Hall–Kier alpha value is -1.56. The van der Waals surface area contributed by atoms with Gasteiger partial charge in [-0.2, -0.15) is 0 Å². The Balaban J connectivity index is 1.95. The molecule has 0 spiro atoms. The standard InChI is InChI=1S/C16H24N2O4/c1-18(2)7-6-17-14(21)9-11-13(20)8-10-4-3-5-12(19)15(10)16(11)22/h10-11,15H,3-9H2,1-2H3,(H,17,21). The molecule has 1 amide bonds. The maximum absolute atomic E-state index is 12.5. The van der Waals surface area contributed by atoms with E-state index in [1.165, 1.54) is 0 Å². The lowest BCUT2D eigenvalue weighted by Crippen LogP contribution is -2.48. The van der Waals surface area contributed by atoms with Gasteiger partial charge in [0.2, 0.25) is 5.91 Å². The van der Waals surface area contributed by atoms with E-state index in [0.717, 1.165) is 12.8 Å². The summed E-state index contributed by atoms with van der Waals surface area (Å²) in [5.74, 6) is -2.55. The fraction of sp³-hybridized carbons (Fsp3) is 0.750. The summed E-state index contributed by atoms with van der Waals surface area (Å²) in [5.41, 5.74) is 0. The first kappa shape index (κ1) is 16.8. The number of hydrogen-bond acceptors (Lipinski definition) is 5. The molecule has 2 aliphatic rings. The number of rotatable bonds is 5. The van der Waals surface area contributed by atoms with Gasteiger partial charge in [0, 0.05) is 32.4 Å². The minimum absolute atomic E-state index is 0.0493. The number of nitrogens with zero attached hydrogens (tertiary/aromatic N) is 1. The molecule has 0 radical (unpaired) electrons. The van der Waals surface area contributed by atoms with Crippen LogP contribution in [0.4, 0.5) is 0 Å². The lowest BCUT2D eigenvalue weighted by molar-refractivity contribution is -0.149. The largest absolute Gasteiger partial charge is 0.355 e. The number of carbonyl (C=O) groups excluding carboxylic acids is 4. The molecule has 0 bridgehead atoms. The minimum Gasteiger partial charge on any atom is -0.355 e. The van der Waals surface area contributed by atoms with Gasteiger partial charge in [-0.1, -0.05) is 0 Å². The highest BCUT2D eigenvalue weighted by molar-refractivity contribution is 6.15. The van der Waals surface area contributed by atoms with Crippen LogP contribution >= 0.6 is 0 Å². The van der Waals surface area contributed by atoms with Crippen LogP contribution in [0.25, 0.3) is 0 Å². The summed E-state index contributed by atoms with van der Waals surface area (Å²) in [7, 11) is 3.80. The molecule has 1 N–H and O–H groups in total. The summed E-state index contributed by atoms with van der Waals surface area (Å²) in [5, 5.41) is 2.72. The number of fused-ring (bicyclic) bond motifs is 1. The Morgan fingerprint density at radius 1 is 1.23 bits per heavy atom. The molecule has 2 aliphatic carbocycles. The quantitative estimate of drug-likeness (QED) is 0.734. The fourth-order valence-electron chi connectivity index (χ4n) is 3.40. The van der Waals surface area contributed by atoms with Gasteiger partial charge in [0.15, 0.2) is 5.78 Å². The Bertz CT molecular complexity index is 487. The maximum atomic E-state index is 12.5. The fourth-order valence-corrected chi connectivity index (χ4v) is 3.40. The minimum atomic E-state index is -0.928. The topological polar surface area (TPSA) is 83.6 Å². The molecule has 0 aromatic rings. The average Bonchev–Trinajstić information content (AvgIpc) is 2.42. The summed E-state index contributed by atoms with van der Waals surface area (Å²) in [6.45, 7) is 1.17. The van der Waals surface area contributed by atoms with Crippen LogP contribution in [-0.4, -0.2) is 55.3 Å². The van der Waals surface area contributed by atoms with E-state index >= 15 is 0 Å². The van der Waals surface area contributed by atoms with Gasteiger partial charge in [0.05, 0.1) is 11.8 Å². The number of carbonyl (C=O) groups is 4. The van der Waals surface area contributed by atoms with Gasteiger partial charge in [-0.3, -0.25) is 19.2 Å². The molecule has 2 rings (SSSR count). The molecule has 6 nitrogen and oxygen atoms in total. The molecule has 2 saturated carbocycles. The van der Waals surface area contributed by atoms with E-state index in [1.807, 2.05) is 19.0 Å². The second-order valence-electron chi connectivity index (χ2n) is 6.58. The molecule has 0 aromatic heterocycles. The summed E-state index contributed by atoms with van der Waals surface area (Å²) in [4.78, 5) is 50.5. The zero-order chi connectivity index (χ0) is 16.3. The first-order chi connectivity index (χ1) is 10.4. The van der Waals surface area contributed by atoms with Gasteiger partial charge >= 0.3 is 0 Å². The number of ketones is 3. The van der Waals surface area contributed by atoms with Crippen molar-refractivity contribution in [2.75, 3.05) is 27.2 Å². The van der Waals surface area contributed by atoms with Crippen molar-refractivity contribution >= 4 is 23.3 Å². The maximum Gasteiger partial charge on any atom is 0.221 e. The van der Waals surface area contributed by atoms with E-state index in [1.54, 1.807) is 0 Å². The molecule has 3 unspecified atom stereocenters.